The molecule has 0 aliphatic heterocycles. The van der Waals surface area contributed by atoms with Crippen LogP contribution in [0.25, 0.3) is 11.4 Å². The molecule has 1 aromatic heterocycles. The number of aromatic nitrogens is 2. The molecule has 0 N–H and O–H groups in total. The number of hydrogen-bond acceptors (Lipinski definition) is 6. The average Bonchev–Trinajstić information content (AvgIpc) is 3.08. The Morgan fingerprint density at radius 3 is 2.54 bits per heavy atom. The molecule has 0 unspecified atom stereocenters. The summed E-state index contributed by atoms with van der Waals surface area (Å²) in [6.07, 6.45) is 0.0154. The van der Waals surface area contributed by atoms with Crippen molar-refractivity contribution < 1.29 is 19.2 Å². The van der Waals surface area contributed by atoms with Gasteiger partial charge in [0.1, 0.15) is 12.4 Å². The van der Waals surface area contributed by atoms with E-state index in [9.17, 15) is 9.90 Å². The number of carbonyl (C=O) groups excluding carboxylic acids is 1. The van der Waals surface area contributed by atoms with Gasteiger partial charge in [0.05, 0.1) is 0 Å². The number of hydrogen-bond donors (Lipinski definition) is 0. The van der Waals surface area contributed by atoms with Crippen LogP contribution in [-0.4, -0.2) is 16.1 Å². The summed E-state index contributed by atoms with van der Waals surface area (Å²) in [6.45, 7) is 0.496. The number of carboxylic acids is 1. The number of aryl methyl sites for hydroxylation is 1. The van der Waals surface area contributed by atoms with Crippen LogP contribution >= 0.6 is 0 Å². The van der Waals surface area contributed by atoms with E-state index >= 15 is 0 Å². The van der Waals surface area contributed by atoms with E-state index in [1.165, 1.54) is 0 Å². The zero-order valence-electron chi connectivity index (χ0n) is 12.8. The molecule has 3 rings (SSSR count). The molecule has 0 radical (unpaired) electrons. The van der Waals surface area contributed by atoms with E-state index in [2.05, 4.69) is 10.1 Å². The quantitative estimate of drug-likeness (QED) is 0.661. The molecule has 6 nitrogen and oxygen atoms in total. The van der Waals surface area contributed by atoms with E-state index in [0.717, 1.165) is 16.9 Å². The van der Waals surface area contributed by atoms with Gasteiger partial charge >= 0.3 is 0 Å². The van der Waals surface area contributed by atoms with Gasteiger partial charge in [0.25, 0.3) is 0 Å². The number of carboxylic acid groups (broad SMARTS) is 1. The normalized spacial score (nSPS) is 10.5. The Morgan fingerprint density at radius 2 is 1.83 bits per heavy atom. The van der Waals surface area contributed by atoms with E-state index in [1.54, 1.807) is 0 Å². The smallest absolute Gasteiger partial charge is 0.227 e. The van der Waals surface area contributed by atoms with E-state index in [1.807, 2.05) is 54.6 Å². The van der Waals surface area contributed by atoms with Crippen LogP contribution in [-0.2, 0) is 17.8 Å². The van der Waals surface area contributed by atoms with Gasteiger partial charge in [0.2, 0.25) is 11.7 Å². The second-order valence-electron chi connectivity index (χ2n) is 5.18. The standard InChI is InChI=1S/C18H16N2O4/c21-17(22)11-10-16-19-18(20-24-16)14-6-8-15(9-7-14)23-12-13-4-2-1-3-5-13/h1-9H,10-12H2,(H,21,22)/p-1. The summed E-state index contributed by atoms with van der Waals surface area (Å²) in [5.41, 5.74) is 1.86. The minimum atomic E-state index is -1.14. The van der Waals surface area contributed by atoms with Crippen molar-refractivity contribution in [3.8, 4) is 17.1 Å². The molecule has 24 heavy (non-hydrogen) atoms. The van der Waals surface area contributed by atoms with Crippen molar-refractivity contribution >= 4 is 5.97 Å². The second-order valence-corrected chi connectivity index (χ2v) is 5.18. The molecule has 0 fully saturated rings. The highest BCUT2D eigenvalue weighted by molar-refractivity contribution is 5.64. The lowest BCUT2D eigenvalue weighted by atomic mass is 10.2. The average molecular weight is 323 g/mol. The summed E-state index contributed by atoms with van der Waals surface area (Å²) in [6, 6.07) is 17.2. The van der Waals surface area contributed by atoms with E-state index in [4.69, 9.17) is 9.26 Å². The van der Waals surface area contributed by atoms with Crippen molar-refractivity contribution in [3.05, 3.63) is 66.1 Å². The third-order valence-corrected chi connectivity index (χ3v) is 3.37. The van der Waals surface area contributed by atoms with Crippen LogP contribution < -0.4 is 9.84 Å². The highest BCUT2D eigenvalue weighted by Crippen LogP contribution is 2.21. The second kappa shape index (κ2) is 7.41. The van der Waals surface area contributed by atoms with E-state index < -0.39 is 5.97 Å². The number of rotatable bonds is 7. The van der Waals surface area contributed by atoms with Gasteiger partial charge < -0.3 is 19.2 Å². The van der Waals surface area contributed by atoms with E-state index in [-0.39, 0.29) is 18.7 Å². The van der Waals surface area contributed by atoms with Crippen molar-refractivity contribution in [2.75, 3.05) is 0 Å². The van der Waals surface area contributed by atoms with Gasteiger partial charge in [-0.2, -0.15) is 4.98 Å². The topological polar surface area (TPSA) is 88.3 Å². The monoisotopic (exact) mass is 323 g/mol. The predicted octanol–water partition coefficient (Wildman–Crippen LogP) is 2.00. The molecule has 0 amide bonds. The molecular formula is C18H15N2O4-. The van der Waals surface area contributed by atoms with Crippen molar-refractivity contribution in [1.29, 1.82) is 0 Å². The fourth-order valence-electron chi connectivity index (χ4n) is 2.12. The molecule has 0 saturated heterocycles. The highest BCUT2D eigenvalue weighted by atomic mass is 16.5. The first-order valence-corrected chi connectivity index (χ1v) is 7.50. The van der Waals surface area contributed by atoms with Gasteiger partial charge in [-0.15, -0.1) is 0 Å². The first kappa shape index (κ1) is 15.7. The Morgan fingerprint density at radius 1 is 1.08 bits per heavy atom. The van der Waals surface area contributed by atoms with Crippen molar-refractivity contribution in [2.45, 2.75) is 19.4 Å². The number of benzene rings is 2. The van der Waals surface area contributed by atoms with Crippen LogP contribution in [0.15, 0.2) is 59.1 Å². The lowest BCUT2D eigenvalue weighted by Crippen LogP contribution is -2.22. The number of nitrogens with zero attached hydrogens (tertiary/aromatic N) is 2. The molecule has 122 valence electrons. The van der Waals surface area contributed by atoms with Crippen molar-refractivity contribution in [2.24, 2.45) is 0 Å². The predicted molar refractivity (Wildman–Crippen MR) is 83.8 cm³/mol. The van der Waals surface area contributed by atoms with E-state index in [0.29, 0.717) is 12.4 Å². The summed E-state index contributed by atoms with van der Waals surface area (Å²) in [4.78, 5) is 14.6. The van der Waals surface area contributed by atoms with Gasteiger partial charge in [-0.3, -0.25) is 0 Å². The number of carbonyl (C=O) groups is 1. The molecule has 3 aromatic rings. The van der Waals surface area contributed by atoms with Crippen molar-refractivity contribution in [1.82, 2.24) is 10.1 Å². The zero-order chi connectivity index (χ0) is 16.8. The van der Waals surface area contributed by atoms with Crippen LogP contribution in [0.1, 0.15) is 17.9 Å². The third-order valence-electron chi connectivity index (χ3n) is 3.37. The van der Waals surface area contributed by atoms with Gasteiger partial charge in [-0.1, -0.05) is 35.5 Å². The molecule has 0 aliphatic rings. The Bertz CT molecular complexity index is 797. The minimum Gasteiger partial charge on any atom is -0.550 e. The number of ether oxygens (including phenoxy) is 1. The molecule has 0 spiro atoms. The Hall–Kier alpha value is -3.15. The van der Waals surface area contributed by atoms with Gasteiger partial charge in [-0.25, -0.2) is 0 Å². The lowest BCUT2D eigenvalue weighted by molar-refractivity contribution is -0.305. The maximum atomic E-state index is 10.4. The minimum absolute atomic E-state index is 0.145. The summed E-state index contributed by atoms with van der Waals surface area (Å²) in [7, 11) is 0. The summed E-state index contributed by atoms with van der Waals surface area (Å²) >= 11 is 0. The van der Waals surface area contributed by atoms with Gasteiger partial charge in [-0.05, 0) is 36.2 Å². The van der Waals surface area contributed by atoms with Crippen LogP contribution in [0.2, 0.25) is 0 Å². The molecule has 6 heteroatoms. The van der Waals surface area contributed by atoms with Crippen LogP contribution in [0.4, 0.5) is 0 Å². The highest BCUT2D eigenvalue weighted by Gasteiger charge is 2.08. The maximum absolute atomic E-state index is 10.4. The summed E-state index contributed by atoms with van der Waals surface area (Å²) in [5.74, 6) is 0.287. The maximum Gasteiger partial charge on any atom is 0.227 e. The van der Waals surface area contributed by atoms with Gasteiger partial charge in [0.15, 0.2) is 0 Å². The number of aliphatic carboxylic acids is 1. The molecule has 1 heterocycles. The zero-order valence-corrected chi connectivity index (χ0v) is 12.8. The first-order valence-electron chi connectivity index (χ1n) is 7.50. The van der Waals surface area contributed by atoms with Crippen molar-refractivity contribution in [3.63, 3.8) is 0 Å². The Kier molecular flexibility index (Phi) is 4.86. The first-order chi connectivity index (χ1) is 11.7. The SMILES string of the molecule is O=C([O-])CCc1nc(-c2ccc(OCc3ccccc3)cc2)no1. The van der Waals surface area contributed by atoms with Crippen LogP contribution in [0, 0.1) is 0 Å². The lowest BCUT2D eigenvalue weighted by Gasteiger charge is -2.06. The molecule has 0 saturated carbocycles. The Labute approximate surface area is 138 Å². The summed E-state index contributed by atoms with van der Waals surface area (Å²) in [5, 5.41) is 14.3. The molecule has 0 atom stereocenters. The van der Waals surface area contributed by atoms with Crippen LogP contribution in [0.5, 0.6) is 5.75 Å². The molecule has 0 bridgehead atoms. The fraction of sp³-hybridized carbons (Fsp3) is 0.167. The van der Waals surface area contributed by atoms with Crippen LogP contribution in [0.3, 0.4) is 0 Å². The molecule has 2 aromatic carbocycles. The fourth-order valence-corrected chi connectivity index (χ4v) is 2.12. The molecule has 0 aliphatic carbocycles. The van der Waals surface area contributed by atoms with Gasteiger partial charge in [0, 0.05) is 18.0 Å². The molecular weight excluding hydrogens is 308 g/mol. The third kappa shape index (κ3) is 4.19. The summed E-state index contributed by atoms with van der Waals surface area (Å²) < 4.78 is 10.7. The Balaban J connectivity index is 1.61. The largest absolute Gasteiger partial charge is 0.550 e.